The van der Waals surface area contributed by atoms with E-state index in [0.29, 0.717) is 0 Å². The smallest absolute Gasteiger partial charge is 0.243 e. The lowest BCUT2D eigenvalue weighted by Gasteiger charge is -2.31. The van der Waals surface area contributed by atoms with Gasteiger partial charge in [-0.2, -0.15) is 0 Å². The first-order valence-electron chi connectivity index (χ1n) is 5.30. The average Bonchev–Trinajstić information content (AvgIpc) is 2.24. The summed E-state index contributed by atoms with van der Waals surface area (Å²) in [6, 6.07) is 8.02. The Bertz CT molecular complexity index is 358. The lowest BCUT2D eigenvalue weighted by atomic mass is 10.1. The van der Waals surface area contributed by atoms with Gasteiger partial charge in [-0.15, -0.1) is 0 Å². The van der Waals surface area contributed by atoms with Crippen molar-refractivity contribution in [1.82, 2.24) is 5.32 Å². The SMILES string of the molecule is Cc1ccc(N2CCNC(C)C2=O)cc1. The third-order valence-electron chi connectivity index (χ3n) is 2.77. The topological polar surface area (TPSA) is 32.3 Å². The highest BCUT2D eigenvalue weighted by molar-refractivity contribution is 5.97. The van der Waals surface area contributed by atoms with Crippen LogP contribution in [0, 0.1) is 6.92 Å². The fourth-order valence-electron chi connectivity index (χ4n) is 1.81. The molecule has 1 aromatic carbocycles. The Morgan fingerprint density at radius 3 is 2.67 bits per heavy atom. The van der Waals surface area contributed by atoms with Gasteiger partial charge >= 0.3 is 0 Å². The molecule has 2 rings (SSSR count). The van der Waals surface area contributed by atoms with Gasteiger partial charge in [0.05, 0.1) is 6.04 Å². The highest BCUT2D eigenvalue weighted by Crippen LogP contribution is 2.17. The van der Waals surface area contributed by atoms with Crippen LogP contribution in [0.15, 0.2) is 24.3 Å². The Balaban J connectivity index is 2.22. The first kappa shape index (κ1) is 10.2. The third-order valence-corrected chi connectivity index (χ3v) is 2.77. The van der Waals surface area contributed by atoms with Gasteiger partial charge in [0.25, 0.3) is 0 Å². The highest BCUT2D eigenvalue weighted by atomic mass is 16.2. The molecule has 1 aromatic rings. The Labute approximate surface area is 90.1 Å². The summed E-state index contributed by atoms with van der Waals surface area (Å²) in [7, 11) is 0. The quantitative estimate of drug-likeness (QED) is 0.748. The largest absolute Gasteiger partial charge is 0.310 e. The summed E-state index contributed by atoms with van der Waals surface area (Å²) in [6.45, 7) is 5.57. The van der Waals surface area contributed by atoms with Crippen molar-refractivity contribution in [2.45, 2.75) is 19.9 Å². The number of nitrogens with zero attached hydrogens (tertiary/aromatic N) is 1. The van der Waals surface area contributed by atoms with Crippen molar-refractivity contribution in [3.63, 3.8) is 0 Å². The van der Waals surface area contributed by atoms with E-state index in [9.17, 15) is 4.79 Å². The van der Waals surface area contributed by atoms with Gasteiger partial charge in [0.1, 0.15) is 0 Å². The monoisotopic (exact) mass is 204 g/mol. The van der Waals surface area contributed by atoms with Crippen LogP contribution in [-0.4, -0.2) is 25.0 Å². The number of carbonyl (C=O) groups excluding carboxylic acids is 1. The second-order valence-corrected chi connectivity index (χ2v) is 4.00. The summed E-state index contributed by atoms with van der Waals surface area (Å²) in [6.07, 6.45) is 0. The minimum Gasteiger partial charge on any atom is -0.310 e. The predicted molar refractivity (Wildman–Crippen MR) is 61.0 cm³/mol. The standard InChI is InChI=1S/C12H16N2O/c1-9-3-5-11(6-4-9)14-8-7-13-10(2)12(14)15/h3-6,10,13H,7-8H2,1-2H3. The van der Waals surface area contributed by atoms with Crippen LogP contribution in [0.1, 0.15) is 12.5 Å². The van der Waals surface area contributed by atoms with Crippen LogP contribution in [0.25, 0.3) is 0 Å². The van der Waals surface area contributed by atoms with E-state index in [1.807, 2.05) is 43.0 Å². The number of carbonyl (C=O) groups is 1. The first-order chi connectivity index (χ1) is 7.18. The van der Waals surface area contributed by atoms with E-state index < -0.39 is 0 Å². The minimum absolute atomic E-state index is 0.0694. The normalized spacial score (nSPS) is 21.9. The zero-order valence-corrected chi connectivity index (χ0v) is 9.16. The maximum atomic E-state index is 11.9. The fourth-order valence-corrected chi connectivity index (χ4v) is 1.81. The van der Waals surface area contributed by atoms with Gasteiger partial charge in [-0.25, -0.2) is 0 Å². The van der Waals surface area contributed by atoms with E-state index in [1.165, 1.54) is 5.56 Å². The number of aryl methyl sites for hydroxylation is 1. The molecule has 0 aromatic heterocycles. The molecule has 1 saturated heterocycles. The van der Waals surface area contributed by atoms with Crippen molar-refractivity contribution in [2.24, 2.45) is 0 Å². The first-order valence-corrected chi connectivity index (χ1v) is 5.30. The van der Waals surface area contributed by atoms with Gasteiger partial charge < -0.3 is 10.2 Å². The summed E-state index contributed by atoms with van der Waals surface area (Å²) in [5.74, 6) is 0.158. The number of benzene rings is 1. The molecule has 3 heteroatoms. The van der Waals surface area contributed by atoms with Gasteiger partial charge in [0.2, 0.25) is 5.91 Å². The zero-order valence-electron chi connectivity index (χ0n) is 9.16. The van der Waals surface area contributed by atoms with Crippen LogP contribution in [0.5, 0.6) is 0 Å². The van der Waals surface area contributed by atoms with E-state index in [2.05, 4.69) is 5.32 Å². The molecule has 0 radical (unpaired) electrons. The molecule has 1 aliphatic heterocycles. The van der Waals surface area contributed by atoms with Crippen molar-refractivity contribution < 1.29 is 4.79 Å². The van der Waals surface area contributed by atoms with Crippen LogP contribution >= 0.6 is 0 Å². The average molecular weight is 204 g/mol. The number of hydrogen-bond acceptors (Lipinski definition) is 2. The molecule has 80 valence electrons. The van der Waals surface area contributed by atoms with E-state index in [-0.39, 0.29) is 11.9 Å². The van der Waals surface area contributed by atoms with Gasteiger partial charge in [-0.1, -0.05) is 17.7 Å². The number of piperazine rings is 1. The maximum absolute atomic E-state index is 11.9. The van der Waals surface area contributed by atoms with Crippen molar-refractivity contribution >= 4 is 11.6 Å². The van der Waals surface area contributed by atoms with Crippen molar-refractivity contribution in [3.05, 3.63) is 29.8 Å². The molecular weight excluding hydrogens is 188 g/mol. The van der Waals surface area contributed by atoms with Crippen molar-refractivity contribution in [1.29, 1.82) is 0 Å². The molecule has 0 saturated carbocycles. The van der Waals surface area contributed by atoms with Crippen LogP contribution in [0.4, 0.5) is 5.69 Å². The van der Waals surface area contributed by atoms with Gasteiger partial charge in [-0.3, -0.25) is 4.79 Å². The van der Waals surface area contributed by atoms with Crippen LogP contribution in [0.3, 0.4) is 0 Å². The molecular formula is C12H16N2O. The molecule has 0 spiro atoms. The van der Waals surface area contributed by atoms with Gasteiger partial charge in [0.15, 0.2) is 0 Å². The van der Waals surface area contributed by atoms with E-state index in [0.717, 1.165) is 18.8 Å². The second-order valence-electron chi connectivity index (χ2n) is 4.00. The number of nitrogens with one attached hydrogen (secondary N) is 1. The number of amides is 1. The molecule has 0 bridgehead atoms. The summed E-state index contributed by atoms with van der Waals surface area (Å²) in [5, 5.41) is 3.15. The maximum Gasteiger partial charge on any atom is 0.243 e. The lowest BCUT2D eigenvalue weighted by molar-refractivity contribution is -0.121. The number of rotatable bonds is 1. The Morgan fingerprint density at radius 1 is 1.33 bits per heavy atom. The Kier molecular flexibility index (Phi) is 2.73. The third kappa shape index (κ3) is 2.02. The van der Waals surface area contributed by atoms with Crippen LogP contribution in [-0.2, 0) is 4.79 Å². The Hall–Kier alpha value is -1.35. The van der Waals surface area contributed by atoms with Crippen molar-refractivity contribution in [3.8, 4) is 0 Å². The van der Waals surface area contributed by atoms with E-state index >= 15 is 0 Å². The van der Waals surface area contributed by atoms with E-state index in [1.54, 1.807) is 0 Å². The molecule has 15 heavy (non-hydrogen) atoms. The second kappa shape index (κ2) is 4.03. The molecule has 1 unspecified atom stereocenters. The summed E-state index contributed by atoms with van der Waals surface area (Å²) < 4.78 is 0. The van der Waals surface area contributed by atoms with E-state index in [4.69, 9.17) is 0 Å². The summed E-state index contributed by atoms with van der Waals surface area (Å²) >= 11 is 0. The number of anilines is 1. The Morgan fingerprint density at radius 2 is 2.00 bits per heavy atom. The molecule has 3 nitrogen and oxygen atoms in total. The summed E-state index contributed by atoms with van der Waals surface area (Å²) in [4.78, 5) is 13.7. The lowest BCUT2D eigenvalue weighted by Crippen LogP contribution is -2.53. The number of hydrogen-bond donors (Lipinski definition) is 1. The minimum atomic E-state index is -0.0694. The van der Waals surface area contributed by atoms with Crippen LogP contribution in [0.2, 0.25) is 0 Å². The van der Waals surface area contributed by atoms with Gasteiger partial charge in [0, 0.05) is 18.8 Å². The molecule has 1 heterocycles. The van der Waals surface area contributed by atoms with Gasteiger partial charge in [-0.05, 0) is 26.0 Å². The zero-order chi connectivity index (χ0) is 10.8. The van der Waals surface area contributed by atoms with Crippen LogP contribution < -0.4 is 10.2 Å². The fraction of sp³-hybridized carbons (Fsp3) is 0.417. The molecule has 1 aliphatic rings. The molecule has 0 aliphatic carbocycles. The predicted octanol–water partition coefficient (Wildman–Crippen LogP) is 1.32. The molecule has 1 amide bonds. The van der Waals surface area contributed by atoms with Crippen molar-refractivity contribution in [2.75, 3.05) is 18.0 Å². The summed E-state index contributed by atoms with van der Waals surface area (Å²) in [5.41, 5.74) is 2.22. The molecule has 1 N–H and O–H groups in total. The molecule has 1 atom stereocenters. The molecule has 1 fully saturated rings. The highest BCUT2D eigenvalue weighted by Gasteiger charge is 2.25.